The molecule has 0 aliphatic carbocycles. The monoisotopic (exact) mass is 316 g/mol. The van der Waals surface area contributed by atoms with Crippen LogP contribution in [0.5, 0.6) is 17.5 Å². The minimum absolute atomic E-state index is 0.226. The van der Waals surface area contributed by atoms with Crippen molar-refractivity contribution < 1.29 is 9.84 Å². The normalized spacial score (nSPS) is 10.6. The van der Waals surface area contributed by atoms with Crippen LogP contribution in [0, 0.1) is 0 Å². The molecule has 0 fully saturated rings. The second-order valence-corrected chi connectivity index (χ2v) is 4.89. The van der Waals surface area contributed by atoms with Gasteiger partial charge in [-0.2, -0.15) is 0 Å². The highest BCUT2D eigenvalue weighted by atomic mass is 79.9. The Morgan fingerprint density at radius 3 is 2.47 bits per heavy atom. The van der Waals surface area contributed by atoms with E-state index in [4.69, 9.17) is 4.74 Å². The van der Waals surface area contributed by atoms with Gasteiger partial charge in [-0.05, 0) is 51.0 Å². The van der Waals surface area contributed by atoms with Crippen molar-refractivity contribution >= 4 is 26.7 Å². The second-order valence-electron chi connectivity index (χ2n) is 3.98. The summed E-state index contributed by atoms with van der Waals surface area (Å²) in [6.07, 6.45) is 3.24. The molecule has 0 spiro atoms. The number of fused-ring (bicyclic) bond motifs is 1. The zero-order valence-corrected chi connectivity index (χ0v) is 11.3. The Hall–Kier alpha value is -2.14. The Morgan fingerprint density at radius 1 is 0.947 bits per heavy atom. The average molecular weight is 317 g/mol. The zero-order valence-electron chi connectivity index (χ0n) is 9.75. The molecular formula is C14H9BrN2O2. The van der Waals surface area contributed by atoms with Gasteiger partial charge in [-0.25, -0.2) is 9.97 Å². The van der Waals surface area contributed by atoms with Gasteiger partial charge in [0, 0.05) is 12.4 Å². The van der Waals surface area contributed by atoms with Crippen molar-refractivity contribution in [2.75, 3.05) is 0 Å². The van der Waals surface area contributed by atoms with Gasteiger partial charge in [0.15, 0.2) is 0 Å². The number of rotatable bonds is 2. The van der Waals surface area contributed by atoms with Crippen molar-refractivity contribution in [3.63, 3.8) is 0 Å². The molecule has 0 amide bonds. The summed E-state index contributed by atoms with van der Waals surface area (Å²) >= 11 is 3.26. The number of benzene rings is 2. The Morgan fingerprint density at radius 2 is 1.68 bits per heavy atom. The number of aromatic hydroxyl groups is 1. The van der Waals surface area contributed by atoms with Crippen LogP contribution in [-0.2, 0) is 0 Å². The van der Waals surface area contributed by atoms with Crippen molar-refractivity contribution in [1.82, 2.24) is 9.97 Å². The lowest BCUT2D eigenvalue weighted by atomic mass is 10.1. The van der Waals surface area contributed by atoms with E-state index >= 15 is 0 Å². The van der Waals surface area contributed by atoms with Crippen LogP contribution in [-0.4, -0.2) is 15.1 Å². The number of ether oxygens (including phenoxy) is 1. The second kappa shape index (κ2) is 4.85. The fourth-order valence-electron chi connectivity index (χ4n) is 1.73. The molecule has 0 bridgehead atoms. The van der Waals surface area contributed by atoms with E-state index in [0.717, 1.165) is 15.2 Å². The third kappa shape index (κ3) is 2.66. The van der Waals surface area contributed by atoms with Gasteiger partial charge in [0.25, 0.3) is 0 Å². The van der Waals surface area contributed by atoms with Crippen LogP contribution in [0.1, 0.15) is 0 Å². The Kier molecular flexibility index (Phi) is 3.05. The smallest absolute Gasteiger partial charge is 0.321 e. The van der Waals surface area contributed by atoms with Crippen molar-refractivity contribution in [2.45, 2.75) is 0 Å². The standard InChI is InChI=1S/C14H9BrN2O2/c15-11-7-16-14(17-8-11)19-13-4-2-9-1-3-12(18)5-10(9)6-13/h1-8,18H. The number of phenolic OH excluding ortho intramolecular Hbond substituents is 1. The van der Waals surface area contributed by atoms with Crippen molar-refractivity contribution in [3.05, 3.63) is 53.3 Å². The van der Waals surface area contributed by atoms with Crippen LogP contribution in [0.25, 0.3) is 10.8 Å². The number of hydrogen-bond acceptors (Lipinski definition) is 4. The SMILES string of the molecule is Oc1ccc2ccc(Oc3ncc(Br)cn3)cc2c1. The molecule has 3 rings (SSSR count). The molecule has 0 unspecified atom stereocenters. The van der Waals surface area contributed by atoms with E-state index in [1.165, 1.54) is 0 Å². The molecule has 5 heteroatoms. The van der Waals surface area contributed by atoms with E-state index in [2.05, 4.69) is 25.9 Å². The van der Waals surface area contributed by atoms with Crippen LogP contribution in [0.2, 0.25) is 0 Å². The van der Waals surface area contributed by atoms with Crippen molar-refractivity contribution in [3.8, 4) is 17.5 Å². The Bertz CT molecular complexity index is 729. The topological polar surface area (TPSA) is 55.2 Å². The summed E-state index contributed by atoms with van der Waals surface area (Å²) in [7, 11) is 0. The van der Waals surface area contributed by atoms with E-state index in [-0.39, 0.29) is 11.8 Å². The molecule has 0 aliphatic rings. The fraction of sp³-hybridized carbons (Fsp3) is 0. The first kappa shape index (κ1) is 11.9. The fourth-order valence-corrected chi connectivity index (χ4v) is 1.94. The number of aromatic nitrogens is 2. The molecule has 0 aliphatic heterocycles. The molecule has 1 aromatic heterocycles. The third-order valence-electron chi connectivity index (χ3n) is 2.60. The maximum absolute atomic E-state index is 9.47. The van der Waals surface area contributed by atoms with Crippen LogP contribution >= 0.6 is 15.9 Å². The summed E-state index contributed by atoms with van der Waals surface area (Å²) in [5, 5.41) is 11.4. The quantitative estimate of drug-likeness (QED) is 0.779. The van der Waals surface area contributed by atoms with E-state index < -0.39 is 0 Å². The van der Waals surface area contributed by atoms with Gasteiger partial charge in [-0.1, -0.05) is 12.1 Å². The van der Waals surface area contributed by atoms with Gasteiger partial charge in [0.1, 0.15) is 11.5 Å². The van der Waals surface area contributed by atoms with Gasteiger partial charge < -0.3 is 9.84 Å². The van der Waals surface area contributed by atoms with Gasteiger partial charge in [-0.15, -0.1) is 0 Å². The molecule has 2 aromatic carbocycles. The molecule has 4 nitrogen and oxygen atoms in total. The summed E-state index contributed by atoms with van der Waals surface area (Å²) in [6, 6.07) is 11.1. The van der Waals surface area contributed by atoms with Gasteiger partial charge in [0.05, 0.1) is 4.47 Å². The Labute approximate surface area is 117 Å². The molecule has 0 atom stereocenters. The molecule has 1 heterocycles. The highest BCUT2D eigenvalue weighted by molar-refractivity contribution is 9.10. The van der Waals surface area contributed by atoms with Crippen LogP contribution in [0.15, 0.2) is 53.3 Å². The molecule has 0 saturated carbocycles. The van der Waals surface area contributed by atoms with Gasteiger partial charge >= 0.3 is 6.01 Å². The van der Waals surface area contributed by atoms with Crippen LogP contribution < -0.4 is 4.74 Å². The average Bonchev–Trinajstić information content (AvgIpc) is 2.41. The number of phenols is 1. The molecule has 0 saturated heterocycles. The van der Waals surface area contributed by atoms with Crippen LogP contribution in [0.4, 0.5) is 0 Å². The Balaban J connectivity index is 1.94. The summed E-state index contributed by atoms with van der Waals surface area (Å²) in [6.45, 7) is 0. The van der Waals surface area contributed by atoms with E-state index in [1.54, 1.807) is 24.5 Å². The predicted octanol–water partition coefficient (Wildman–Crippen LogP) is 3.89. The molecule has 0 radical (unpaired) electrons. The minimum atomic E-state index is 0.226. The van der Waals surface area contributed by atoms with E-state index in [9.17, 15) is 5.11 Å². The lowest BCUT2D eigenvalue weighted by Crippen LogP contribution is -1.90. The number of hydrogen-bond donors (Lipinski definition) is 1. The van der Waals surface area contributed by atoms with E-state index in [1.807, 2.05) is 24.3 Å². The molecule has 94 valence electrons. The first-order chi connectivity index (χ1) is 9.20. The van der Waals surface area contributed by atoms with Gasteiger partial charge in [0.2, 0.25) is 0 Å². The number of nitrogens with zero attached hydrogens (tertiary/aromatic N) is 2. The molecular weight excluding hydrogens is 308 g/mol. The predicted molar refractivity (Wildman–Crippen MR) is 75.4 cm³/mol. The lowest BCUT2D eigenvalue weighted by molar-refractivity contribution is 0.442. The summed E-state index contributed by atoms with van der Waals surface area (Å²) < 4.78 is 6.35. The highest BCUT2D eigenvalue weighted by Crippen LogP contribution is 2.26. The maximum atomic E-state index is 9.47. The first-order valence-electron chi connectivity index (χ1n) is 5.59. The van der Waals surface area contributed by atoms with Crippen LogP contribution in [0.3, 0.4) is 0 Å². The minimum Gasteiger partial charge on any atom is -0.508 e. The van der Waals surface area contributed by atoms with Crippen molar-refractivity contribution in [2.24, 2.45) is 0 Å². The lowest BCUT2D eigenvalue weighted by Gasteiger charge is -2.05. The zero-order chi connectivity index (χ0) is 13.2. The van der Waals surface area contributed by atoms with E-state index in [0.29, 0.717) is 5.75 Å². The maximum Gasteiger partial charge on any atom is 0.321 e. The molecule has 1 N–H and O–H groups in total. The summed E-state index contributed by atoms with van der Waals surface area (Å²) in [4.78, 5) is 8.08. The van der Waals surface area contributed by atoms with Gasteiger partial charge in [-0.3, -0.25) is 0 Å². The first-order valence-corrected chi connectivity index (χ1v) is 6.38. The summed E-state index contributed by atoms with van der Waals surface area (Å²) in [5.74, 6) is 0.852. The third-order valence-corrected chi connectivity index (χ3v) is 3.01. The largest absolute Gasteiger partial charge is 0.508 e. The highest BCUT2D eigenvalue weighted by Gasteiger charge is 2.02. The number of halogens is 1. The molecule has 3 aromatic rings. The molecule has 19 heavy (non-hydrogen) atoms. The van der Waals surface area contributed by atoms with Crippen molar-refractivity contribution in [1.29, 1.82) is 0 Å². The summed E-state index contributed by atoms with van der Waals surface area (Å²) in [5.41, 5.74) is 0.